The van der Waals surface area contributed by atoms with E-state index in [1.54, 1.807) is 0 Å². The lowest BCUT2D eigenvalue weighted by molar-refractivity contribution is -0.138. The van der Waals surface area contributed by atoms with Crippen molar-refractivity contribution in [2.75, 3.05) is 11.5 Å². The molecular weight excluding hydrogens is 523 g/mol. The molecule has 0 radical (unpaired) electrons. The number of halogens is 9. The third-order valence-electron chi connectivity index (χ3n) is 5.82. The molecule has 0 spiro atoms. The number of nitrogens with two attached hydrogens (primary N) is 2. The van der Waals surface area contributed by atoms with Crippen LogP contribution >= 0.6 is 0 Å². The fraction of sp³-hybridized carbons (Fsp3) is 0.111. The summed E-state index contributed by atoms with van der Waals surface area (Å²) < 4.78 is 123. The van der Waals surface area contributed by atoms with Crippen molar-refractivity contribution in [3.8, 4) is 33.4 Å². The van der Waals surface area contributed by atoms with E-state index in [2.05, 4.69) is 0 Å². The van der Waals surface area contributed by atoms with Crippen molar-refractivity contribution in [2.45, 2.75) is 18.5 Å². The highest BCUT2D eigenvalue weighted by molar-refractivity contribution is 5.89. The van der Waals surface area contributed by atoms with Crippen LogP contribution in [0.4, 0.5) is 50.9 Å². The lowest BCUT2D eigenvalue weighted by Gasteiger charge is -2.20. The minimum absolute atomic E-state index is 0.0857. The highest BCUT2D eigenvalue weighted by Gasteiger charge is 2.36. The fourth-order valence-electron chi connectivity index (χ4n) is 4.13. The van der Waals surface area contributed by atoms with E-state index in [0.717, 1.165) is 42.5 Å². The number of alkyl halides is 9. The number of hydrogen-bond donors (Lipinski definition) is 2. The second kappa shape index (κ2) is 9.30. The second-order valence-electron chi connectivity index (χ2n) is 8.44. The van der Waals surface area contributed by atoms with Crippen molar-refractivity contribution in [2.24, 2.45) is 0 Å². The zero-order chi connectivity index (χ0) is 28.0. The highest BCUT2D eigenvalue weighted by Crippen LogP contribution is 2.45. The van der Waals surface area contributed by atoms with Gasteiger partial charge < -0.3 is 11.5 Å². The summed E-state index contributed by atoms with van der Waals surface area (Å²) >= 11 is 0. The second-order valence-corrected chi connectivity index (χ2v) is 8.44. The highest BCUT2D eigenvalue weighted by atomic mass is 19.4. The fourth-order valence-corrected chi connectivity index (χ4v) is 4.13. The van der Waals surface area contributed by atoms with E-state index in [-0.39, 0.29) is 39.2 Å². The summed E-state index contributed by atoms with van der Waals surface area (Å²) in [4.78, 5) is 0. The maximum Gasteiger partial charge on any atom is 0.417 e. The molecule has 0 atom stereocenters. The Bertz CT molecular complexity index is 1500. The van der Waals surface area contributed by atoms with E-state index in [1.807, 2.05) is 0 Å². The Hall–Kier alpha value is -4.15. The number of hydrogen-bond acceptors (Lipinski definition) is 2. The molecule has 198 valence electrons. The Morgan fingerprint density at radius 3 is 1.47 bits per heavy atom. The molecule has 4 aromatic carbocycles. The predicted octanol–water partition coefficient (Wildman–Crippen LogP) is 8.91. The molecule has 0 heterocycles. The van der Waals surface area contributed by atoms with Crippen LogP contribution in [-0.4, -0.2) is 0 Å². The van der Waals surface area contributed by atoms with Crippen LogP contribution in [0.15, 0.2) is 78.9 Å². The Balaban J connectivity index is 2.06. The zero-order valence-electron chi connectivity index (χ0n) is 19.1. The molecule has 11 heteroatoms. The Labute approximate surface area is 210 Å². The summed E-state index contributed by atoms with van der Waals surface area (Å²) in [6.45, 7) is 0. The van der Waals surface area contributed by atoms with Gasteiger partial charge in [0.15, 0.2) is 0 Å². The molecule has 38 heavy (non-hydrogen) atoms. The Morgan fingerprint density at radius 2 is 0.921 bits per heavy atom. The van der Waals surface area contributed by atoms with Gasteiger partial charge in [-0.25, -0.2) is 0 Å². The van der Waals surface area contributed by atoms with Gasteiger partial charge in [-0.05, 0) is 75.8 Å². The third-order valence-corrected chi connectivity index (χ3v) is 5.82. The summed E-state index contributed by atoms with van der Waals surface area (Å²) in [5.41, 5.74) is 6.08. The maximum absolute atomic E-state index is 13.9. The van der Waals surface area contributed by atoms with Gasteiger partial charge >= 0.3 is 18.5 Å². The van der Waals surface area contributed by atoms with E-state index < -0.39 is 40.8 Å². The number of anilines is 2. The molecule has 0 fully saturated rings. The van der Waals surface area contributed by atoms with Gasteiger partial charge in [-0.15, -0.1) is 0 Å². The third kappa shape index (κ3) is 5.41. The van der Waals surface area contributed by atoms with Crippen molar-refractivity contribution in [3.05, 3.63) is 95.6 Å². The summed E-state index contributed by atoms with van der Waals surface area (Å²) in [5.74, 6) is 0. The quantitative estimate of drug-likeness (QED) is 0.201. The first-order chi connectivity index (χ1) is 17.6. The summed E-state index contributed by atoms with van der Waals surface area (Å²) in [6.07, 6.45) is -14.5. The van der Waals surface area contributed by atoms with E-state index in [4.69, 9.17) is 11.5 Å². The predicted molar refractivity (Wildman–Crippen MR) is 127 cm³/mol. The molecule has 4 N–H and O–H groups in total. The molecule has 0 aliphatic rings. The topological polar surface area (TPSA) is 52.0 Å². The Kier molecular flexibility index (Phi) is 6.59. The molecular formula is C27H17F9N2. The van der Waals surface area contributed by atoms with Crippen LogP contribution in [0.25, 0.3) is 33.4 Å². The van der Waals surface area contributed by atoms with Crippen LogP contribution in [0.5, 0.6) is 0 Å². The summed E-state index contributed by atoms with van der Waals surface area (Å²) in [6, 6.07) is 13.2. The van der Waals surface area contributed by atoms with E-state index in [9.17, 15) is 39.5 Å². The van der Waals surface area contributed by atoms with Gasteiger partial charge in [-0.2, -0.15) is 39.5 Å². The SMILES string of the molecule is Nc1ccc(-c2ccc(-c3ccc(N)cc3C(F)(F)F)c(-c3cccc(C(F)(F)F)c3)c2)c(C(F)(F)F)c1. The lowest BCUT2D eigenvalue weighted by Crippen LogP contribution is -2.09. The standard InChI is InChI=1S/C27H17F9N2/c28-25(29,30)16-3-1-2-14(10-16)22-11-15(19-8-5-17(37)12-23(19)26(31,32)33)4-7-20(22)21-9-6-18(38)13-24(21)27(34,35)36/h1-13H,37-38H2. The van der Waals surface area contributed by atoms with Crippen molar-refractivity contribution >= 4 is 11.4 Å². The van der Waals surface area contributed by atoms with Crippen LogP contribution in [0.1, 0.15) is 16.7 Å². The van der Waals surface area contributed by atoms with Crippen molar-refractivity contribution in [1.82, 2.24) is 0 Å². The van der Waals surface area contributed by atoms with Gasteiger partial charge in [0.1, 0.15) is 0 Å². The van der Waals surface area contributed by atoms with Crippen molar-refractivity contribution in [3.63, 3.8) is 0 Å². The summed E-state index contributed by atoms with van der Waals surface area (Å²) in [5, 5.41) is 0. The largest absolute Gasteiger partial charge is 0.417 e. The summed E-state index contributed by atoms with van der Waals surface area (Å²) in [7, 11) is 0. The minimum atomic E-state index is -4.88. The average molecular weight is 540 g/mol. The van der Waals surface area contributed by atoms with Crippen molar-refractivity contribution in [1.29, 1.82) is 0 Å². The molecule has 0 saturated carbocycles. The van der Waals surface area contributed by atoms with Gasteiger partial charge in [0.25, 0.3) is 0 Å². The average Bonchev–Trinajstić information content (AvgIpc) is 2.82. The monoisotopic (exact) mass is 540 g/mol. The molecule has 0 aliphatic heterocycles. The normalized spacial score (nSPS) is 12.6. The number of nitrogen functional groups attached to an aromatic ring is 2. The molecule has 4 rings (SSSR count). The first-order valence-electron chi connectivity index (χ1n) is 10.8. The smallest absolute Gasteiger partial charge is 0.399 e. The van der Waals surface area contributed by atoms with Gasteiger partial charge in [0.05, 0.1) is 16.7 Å². The molecule has 2 nitrogen and oxygen atoms in total. The van der Waals surface area contributed by atoms with E-state index in [0.29, 0.717) is 12.1 Å². The van der Waals surface area contributed by atoms with Crippen LogP contribution in [-0.2, 0) is 18.5 Å². The molecule has 0 unspecified atom stereocenters. The maximum atomic E-state index is 13.9. The molecule has 0 bridgehead atoms. The van der Waals surface area contributed by atoms with Crippen LogP contribution in [0.3, 0.4) is 0 Å². The lowest BCUT2D eigenvalue weighted by atomic mass is 9.87. The number of rotatable bonds is 3. The van der Waals surface area contributed by atoms with Crippen LogP contribution in [0, 0.1) is 0 Å². The minimum Gasteiger partial charge on any atom is -0.399 e. The van der Waals surface area contributed by atoms with E-state index in [1.165, 1.54) is 24.3 Å². The van der Waals surface area contributed by atoms with Gasteiger partial charge in [0.2, 0.25) is 0 Å². The van der Waals surface area contributed by atoms with E-state index >= 15 is 0 Å². The van der Waals surface area contributed by atoms with Crippen LogP contribution < -0.4 is 11.5 Å². The Morgan fingerprint density at radius 1 is 0.421 bits per heavy atom. The molecule has 0 aromatic heterocycles. The number of benzene rings is 4. The van der Waals surface area contributed by atoms with Crippen molar-refractivity contribution < 1.29 is 39.5 Å². The molecule has 4 aromatic rings. The first-order valence-corrected chi connectivity index (χ1v) is 10.8. The molecule has 0 saturated heterocycles. The molecule has 0 amide bonds. The van der Waals surface area contributed by atoms with Gasteiger partial charge in [-0.3, -0.25) is 0 Å². The first kappa shape index (κ1) is 26.9. The zero-order valence-corrected chi connectivity index (χ0v) is 19.1. The molecule has 0 aliphatic carbocycles. The van der Waals surface area contributed by atoms with Gasteiger partial charge in [0, 0.05) is 11.4 Å². The van der Waals surface area contributed by atoms with Gasteiger partial charge in [-0.1, -0.05) is 36.4 Å². The van der Waals surface area contributed by atoms with Crippen LogP contribution in [0.2, 0.25) is 0 Å².